The molecule has 0 fully saturated rings. The van der Waals surface area contributed by atoms with Crippen molar-refractivity contribution in [3.8, 4) is 0 Å². The molecule has 22 heavy (non-hydrogen) atoms. The summed E-state index contributed by atoms with van der Waals surface area (Å²) in [5.74, 6) is -0.873. The summed E-state index contributed by atoms with van der Waals surface area (Å²) < 4.78 is 13.5. The lowest BCUT2D eigenvalue weighted by atomic mass is 10.2. The first kappa shape index (κ1) is 16.8. The van der Waals surface area contributed by atoms with E-state index in [1.165, 1.54) is 24.3 Å². The quantitative estimate of drug-likeness (QED) is 0.756. The monoisotopic (exact) mass is 357 g/mol. The molecule has 0 aliphatic carbocycles. The zero-order valence-corrected chi connectivity index (χ0v) is 13.5. The summed E-state index contributed by atoms with van der Waals surface area (Å²) in [6, 6.07) is 9.33. The molecule has 114 valence electrons. The number of nitrogens with one attached hydrogen (secondary N) is 1. The van der Waals surface area contributed by atoms with Crippen LogP contribution in [-0.4, -0.2) is 5.91 Å². The normalized spacial score (nSPS) is 10.9. The van der Waals surface area contributed by atoms with Gasteiger partial charge in [0, 0.05) is 28.2 Å². The zero-order chi connectivity index (χ0) is 16.1. The second kappa shape index (κ2) is 7.63. The molecule has 0 unspecified atom stereocenters. The van der Waals surface area contributed by atoms with Crippen LogP contribution in [0, 0.1) is 5.82 Å². The molecule has 0 aliphatic heterocycles. The summed E-state index contributed by atoms with van der Waals surface area (Å²) in [4.78, 5) is 11.8. The van der Waals surface area contributed by atoms with Crippen molar-refractivity contribution in [2.75, 3.05) is 0 Å². The molecule has 1 N–H and O–H groups in total. The predicted octanol–water partition coefficient (Wildman–Crippen LogP) is 5.12. The smallest absolute Gasteiger partial charge is 0.244 e. The topological polar surface area (TPSA) is 29.1 Å². The number of benzene rings is 2. The van der Waals surface area contributed by atoms with Gasteiger partial charge in [0.2, 0.25) is 5.91 Å². The molecule has 1 amide bonds. The van der Waals surface area contributed by atoms with E-state index in [1.54, 1.807) is 24.3 Å². The molecule has 2 nitrogen and oxygen atoms in total. The van der Waals surface area contributed by atoms with Gasteiger partial charge in [0.25, 0.3) is 0 Å². The standard InChI is InChI=1S/C16H11Cl3FNO/c17-11-5-4-10(14(19)8-11)9-21-16(22)7-6-12-13(18)2-1-3-15(12)20/h1-8H,9H2,(H,21,22)/b7-6+. The van der Waals surface area contributed by atoms with E-state index in [4.69, 9.17) is 34.8 Å². The van der Waals surface area contributed by atoms with Crippen LogP contribution < -0.4 is 5.32 Å². The summed E-state index contributed by atoms with van der Waals surface area (Å²) in [7, 11) is 0. The molecule has 0 heterocycles. The van der Waals surface area contributed by atoms with Crippen LogP contribution in [0.25, 0.3) is 6.08 Å². The van der Waals surface area contributed by atoms with Gasteiger partial charge in [-0.1, -0.05) is 46.9 Å². The molecular formula is C16H11Cl3FNO. The molecule has 2 aromatic rings. The Kier molecular flexibility index (Phi) is 5.83. The molecule has 0 saturated carbocycles. The van der Waals surface area contributed by atoms with E-state index in [1.807, 2.05) is 0 Å². The molecule has 6 heteroatoms. The van der Waals surface area contributed by atoms with Gasteiger partial charge >= 0.3 is 0 Å². The SMILES string of the molecule is O=C(/C=C/c1c(F)cccc1Cl)NCc1ccc(Cl)cc1Cl. The van der Waals surface area contributed by atoms with Crippen molar-refractivity contribution >= 4 is 46.8 Å². The number of hydrogen-bond donors (Lipinski definition) is 1. The van der Waals surface area contributed by atoms with E-state index in [9.17, 15) is 9.18 Å². The van der Waals surface area contributed by atoms with Crippen LogP contribution in [0.1, 0.15) is 11.1 Å². The van der Waals surface area contributed by atoms with Crippen LogP contribution in [-0.2, 0) is 11.3 Å². The van der Waals surface area contributed by atoms with Crippen LogP contribution in [0.4, 0.5) is 4.39 Å². The Bertz CT molecular complexity index is 711. The van der Waals surface area contributed by atoms with Gasteiger partial charge in [-0.05, 0) is 35.9 Å². The maximum Gasteiger partial charge on any atom is 0.244 e. The molecule has 2 rings (SSSR count). The zero-order valence-electron chi connectivity index (χ0n) is 11.2. The number of carbonyl (C=O) groups excluding carboxylic acids is 1. The lowest BCUT2D eigenvalue weighted by Crippen LogP contribution is -2.20. The van der Waals surface area contributed by atoms with Crippen LogP contribution in [0.2, 0.25) is 15.1 Å². The average molecular weight is 359 g/mol. The Balaban J connectivity index is 2.00. The highest BCUT2D eigenvalue weighted by atomic mass is 35.5. The molecule has 0 saturated heterocycles. The van der Waals surface area contributed by atoms with Gasteiger partial charge in [-0.15, -0.1) is 0 Å². The van der Waals surface area contributed by atoms with Gasteiger partial charge < -0.3 is 5.32 Å². The number of halogens is 4. The lowest BCUT2D eigenvalue weighted by Gasteiger charge is -2.05. The fourth-order valence-corrected chi connectivity index (χ4v) is 2.44. The third-order valence-electron chi connectivity index (χ3n) is 2.87. The van der Waals surface area contributed by atoms with Gasteiger partial charge in [-0.25, -0.2) is 4.39 Å². The highest BCUT2D eigenvalue weighted by Crippen LogP contribution is 2.21. The largest absolute Gasteiger partial charge is 0.348 e. The van der Waals surface area contributed by atoms with Crippen molar-refractivity contribution in [3.63, 3.8) is 0 Å². The highest BCUT2D eigenvalue weighted by molar-refractivity contribution is 6.35. The minimum absolute atomic E-state index is 0.170. The van der Waals surface area contributed by atoms with Crippen LogP contribution in [0.5, 0.6) is 0 Å². The lowest BCUT2D eigenvalue weighted by molar-refractivity contribution is -0.116. The van der Waals surface area contributed by atoms with Gasteiger partial charge in [0.1, 0.15) is 5.82 Å². The second-order valence-electron chi connectivity index (χ2n) is 4.42. The Morgan fingerprint density at radius 1 is 1.14 bits per heavy atom. The van der Waals surface area contributed by atoms with E-state index in [0.29, 0.717) is 10.0 Å². The fraction of sp³-hybridized carbons (Fsp3) is 0.0625. The van der Waals surface area contributed by atoms with Crippen molar-refractivity contribution in [2.45, 2.75) is 6.54 Å². The summed E-state index contributed by atoms with van der Waals surface area (Å²) in [5.41, 5.74) is 0.903. The third kappa shape index (κ3) is 4.47. The second-order valence-corrected chi connectivity index (χ2v) is 5.67. The minimum Gasteiger partial charge on any atom is -0.348 e. The number of hydrogen-bond acceptors (Lipinski definition) is 1. The van der Waals surface area contributed by atoms with E-state index in [-0.39, 0.29) is 23.0 Å². The number of carbonyl (C=O) groups is 1. The minimum atomic E-state index is -0.489. The summed E-state index contributed by atoms with van der Waals surface area (Å²) in [6.45, 7) is 0.240. The molecular weight excluding hydrogens is 348 g/mol. The first-order valence-electron chi connectivity index (χ1n) is 6.31. The van der Waals surface area contributed by atoms with Crippen molar-refractivity contribution in [1.82, 2.24) is 5.32 Å². The first-order chi connectivity index (χ1) is 10.5. The predicted molar refractivity (Wildman–Crippen MR) is 88.8 cm³/mol. The third-order valence-corrected chi connectivity index (χ3v) is 3.79. The van der Waals surface area contributed by atoms with E-state index in [0.717, 1.165) is 5.56 Å². The molecule has 0 spiro atoms. The van der Waals surface area contributed by atoms with Gasteiger partial charge in [0.15, 0.2) is 0 Å². The summed E-state index contributed by atoms with van der Waals surface area (Å²) in [6.07, 6.45) is 2.55. The van der Waals surface area contributed by atoms with Gasteiger partial charge in [-0.3, -0.25) is 4.79 Å². The molecule has 0 bridgehead atoms. The van der Waals surface area contributed by atoms with Crippen LogP contribution in [0.15, 0.2) is 42.5 Å². The Hall–Kier alpha value is -1.55. The molecule has 0 aliphatic rings. The van der Waals surface area contributed by atoms with Crippen molar-refractivity contribution in [3.05, 3.63) is 74.5 Å². The summed E-state index contributed by atoms with van der Waals surface area (Å²) in [5, 5.41) is 3.88. The Morgan fingerprint density at radius 3 is 2.59 bits per heavy atom. The molecule has 0 radical (unpaired) electrons. The van der Waals surface area contributed by atoms with Gasteiger partial charge in [0.05, 0.1) is 5.02 Å². The molecule has 0 aromatic heterocycles. The maximum atomic E-state index is 13.5. The van der Waals surface area contributed by atoms with E-state index in [2.05, 4.69) is 5.32 Å². The Labute approximate surface area is 142 Å². The summed E-state index contributed by atoms with van der Waals surface area (Å²) >= 11 is 17.7. The van der Waals surface area contributed by atoms with Crippen LogP contribution in [0.3, 0.4) is 0 Å². The van der Waals surface area contributed by atoms with Gasteiger partial charge in [-0.2, -0.15) is 0 Å². The first-order valence-corrected chi connectivity index (χ1v) is 7.44. The van der Waals surface area contributed by atoms with Crippen LogP contribution >= 0.6 is 34.8 Å². The fourth-order valence-electron chi connectivity index (χ4n) is 1.74. The van der Waals surface area contributed by atoms with Crippen molar-refractivity contribution in [2.24, 2.45) is 0 Å². The number of rotatable bonds is 4. The highest BCUT2D eigenvalue weighted by Gasteiger charge is 2.05. The Morgan fingerprint density at radius 2 is 1.91 bits per heavy atom. The van der Waals surface area contributed by atoms with E-state index < -0.39 is 5.82 Å². The van der Waals surface area contributed by atoms with Crippen molar-refractivity contribution in [1.29, 1.82) is 0 Å². The average Bonchev–Trinajstić information content (AvgIpc) is 2.46. The molecule has 2 aromatic carbocycles. The maximum absolute atomic E-state index is 13.5. The number of amides is 1. The molecule has 0 atom stereocenters. The van der Waals surface area contributed by atoms with E-state index >= 15 is 0 Å². The van der Waals surface area contributed by atoms with Crippen molar-refractivity contribution < 1.29 is 9.18 Å².